The minimum absolute atomic E-state index is 1.28. The van der Waals surface area contributed by atoms with Crippen LogP contribution in [0.15, 0.2) is 11.6 Å². The molecular formula is C10H18. The summed E-state index contributed by atoms with van der Waals surface area (Å²) < 4.78 is 0. The summed E-state index contributed by atoms with van der Waals surface area (Å²) in [7, 11) is 0. The normalized spacial score (nSPS) is 26.3. The zero-order chi connectivity index (χ0) is 7.23. The minimum Gasteiger partial charge on any atom is -0.0853 e. The Hall–Kier alpha value is -0.260. The third-order valence-electron chi connectivity index (χ3n) is 2.34. The van der Waals surface area contributed by atoms with Crippen LogP contribution in [0, 0.1) is 0 Å². The van der Waals surface area contributed by atoms with Crippen LogP contribution in [0.1, 0.15) is 51.9 Å². The molecule has 0 aromatic heterocycles. The number of rotatable bonds is 1. The molecule has 0 bridgehead atoms. The lowest BCUT2D eigenvalue weighted by Gasteiger charge is -2.08. The summed E-state index contributed by atoms with van der Waals surface area (Å²) in [6, 6.07) is 0. The van der Waals surface area contributed by atoms with E-state index in [1.165, 1.54) is 44.9 Å². The molecule has 0 fully saturated rings. The van der Waals surface area contributed by atoms with Gasteiger partial charge < -0.3 is 0 Å². The van der Waals surface area contributed by atoms with Crippen LogP contribution < -0.4 is 0 Å². The van der Waals surface area contributed by atoms with Gasteiger partial charge in [-0.3, -0.25) is 0 Å². The van der Waals surface area contributed by atoms with Crippen molar-refractivity contribution in [2.24, 2.45) is 0 Å². The summed E-state index contributed by atoms with van der Waals surface area (Å²) >= 11 is 0. The van der Waals surface area contributed by atoms with Crippen molar-refractivity contribution in [1.29, 1.82) is 0 Å². The van der Waals surface area contributed by atoms with Crippen LogP contribution in [0.3, 0.4) is 0 Å². The summed E-state index contributed by atoms with van der Waals surface area (Å²) in [6.07, 6.45) is 12.2. The predicted octanol–water partition coefficient (Wildman–Crippen LogP) is 3.68. The Morgan fingerprint density at radius 2 is 2.00 bits per heavy atom. The second-order valence-corrected chi connectivity index (χ2v) is 3.17. The molecule has 0 heteroatoms. The Labute approximate surface area is 64.3 Å². The van der Waals surface area contributed by atoms with Crippen LogP contribution in [-0.2, 0) is 0 Å². The summed E-state index contributed by atoms with van der Waals surface area (Å²) in [5.74, 6) is 0. The smallest absolute Gasteiger partial charge is 0.0320 e. The van der Waals surface area contributed by atoms with Crippen molar-refractivity contribution in [3.05, 3.63) is 11.6 Å². The van der Waals surface area contributed by atoms with Gasteiger partial charge in [-0.1, -0.05) is 31.4 Å². The lowest BCUT2D eigenvalue weighted by molar-refractivity contribution is 0.618. The Kier molecular flexibility index (Phi) is 3.56. The highest BCUT2D eigenvalue weighted by Gasteiger charge is 1.98. The van der Waals surface area contributed by atoms with Crippen LogP contribution in [0.25, 0.3) is 0 Å². The van der Waals surface area contributed by atoms with Gasteiger partial charge in [-0.25, -0.2) is 0 Å². The molecule has 1 aliphatic rings. The van der Waals surface area contributed by atoms with E-state index in [2.05, 4.69) is 13.0 Å². The molecule has 0 spiro atoms. The van der Waals surface area contributed by atoms with E-state index >= 15 is 0 Å². The van der Waals surface area contributed by atoms with Crippen LogP contribution in [0.4, 0.5) is 0 Å². The standard InChI is InChI=1S/C10H18/c1-2-10-8-6-4-3-5-7-9-10/h8H,2-7,9H2,1H3/b10-8-. The first-order chi connectivity index (χ1) is 4.93. The highest BCUT2D eigenvalue weighted by molar-refractivity contribution is 5.01. The Morgan fingerprint density at radius 3 is 2.80 bits per heavy atom. The van der Waals surface area contributed by atoms with Gasteiger partial charge in [-0.2, -0.15) is 0 Å². The van der Waals surface area contributed by atoms with Gasteiger partial charge in [0.15, 0.2) is 0 Å². The highest BCUT2D eigenvalue weighted by atomic mass is 14.0. The molecule has 0 aliphatic heterocycles. The maximum Gasteiger partial charge on any atom is -0.0320 e. The molecule has 0 unspecified atom stereocenters. The van der Waals surface area contributed by atoms with Crippen LogP contribution in [0.2, 0.25) is 0 Å². The van der Waals surface area contributed by atoms with E-state index in [1.54, 1.807) is 5.57 Å². The largest absolute Gasteiger partial charge is 0.0853 e. The van der Waals surface area contributed by atoms with Crippen molar-refractivity contribution in [3.8, 4) is 0 Å². The molecule has 0 saturated carbocycles. The molecule has 0 atom stereocenters. The lowest BCUT2D eigenvalue weighted by atomic mass is 9.99. The molecule has 0 nitrogen and oxygen atoms in total. The van der Waals surface area contributed by atoms with E-state index < -0.39 is 0 Å². The summed E-state index contributed by atoms with van der Waals surface area (Å²) in [6.45, 7) is 2.27. The van der Waals surface area contributed by atoms with Crippen LogP contribution in [0.5, 0.6) is 0 Å². The fourth-order valence-electron chi connectivity index (χ4n) is 1.58. The van der Waals surface area contributed by atoms with Gasteiger partial charge >= 0.3 is 0 Å². The molecule has 0 radical (unpaired) electrons. The average Bonchev–Trinajstić information content (AvgIpc) is 1.87. The van der Waals surface area contributed by atoms with E-state index in [4.69, 9.17) is 0 Å². The molecule has 0 amide bonds. The summed E-state index contributed by atoms with van der Waals surface area (Å²) in [5, 5.41) is 0. The Morgan fingerprint density at radius 1 is 1.20 bits per heavy atom. The van der Waals surface area contributed by atoms with Gasteiger partial charge in [0.1, 0.15) is 0 Å². The van der Waals surface area contributed by atoms with Crippen LogP contribution >= 0.6 is 0 Å². The second-order valence-electron chi connectivity index (χ2n) is 3.17. The predicted molar refractivity (Wildman–Crippen MR) is 46.1 cm³/mol. The monoisotopic (exact) mass is 138 g/mol. The molecule has 0 N–H and O–H groups in total. The van der Waals surface area contributed by atoms with Gasteiger partial charge in [-0.05, 0) is 32.1 Å². The van der Waals surface area contributed by atoms with Gasteiger partial charge in [0.2, 0.25) is 0 Å². The Bertz CT molecular complexity index is 111. The average molecular weight is 138 g/mol. The first kappa shape index (κ1) is 7.84. The molecule has 0 heterocycles. The van der Waals surface area contributed by atoms with E-state index in [0.29, 0.717) is 0 Å². The second kappa shape index (κ2) is 4.54. The van der Waals surface area contributed by atoms with Crippen molar-refractivity contribution in [2.45, 2.75) is 51.9 Å². The van der Waals surface area contributed by atoms with Crippen molar-refractivity contribution >= 4 is 0 Å². The van der Waals surface area contributed by atoms with Crippen molar-refractivity contribution in [1.82, 2.24) is 0 Å². The third-order valence-corrected chi connectivity index (χ3v) is 2.34. The van der Waals surface area contributed by atoms with Gasteiger partial charge in [0, 0.05) is 0 Å². The SMILES string of the molecule is CC/C1=C/CCCCCC1. The molecule has 0 aromatic rings. The van der Waals surface area contributed by atoms with Gasteiger partial charge in [0.25, 0.3) is 0 Å². The van der Waals surface area contributed by atoms with Gasteiger partial charge in [0.05, 0.1) is 0 Å². The zero-order valence-corrected chi connectivity index (χ0v) is 7.03. The fraction of sp³-hybridized carbons (Fsp3) is 0.800. The molecule has 0 aromatic carbocycles. The number of hydrogen-bond acceptors (Lipinski definition) is 0. The topological polar surface area (TPSA) is 0 Å². The maximum atomic E-state index is 2.46. The first-order valence-electron chi connectivity index (χ1n) is 4.61. The highest BCUT2D eigenvalue weighted by Crippen LogP contribution is 2.18. The van der Waals surface area contributed by atoms with E-state index in [-0.39, 0.29) is 0 Å². The molecule has 1 rings (SSSR count). The molecule has 58 valence electrons. The fourth-order valence-corrected chi connectivity index (χ4v) is 1.58. The zero-order valence-electron chi connectivity index (χ0n) is 7.03. The Balaban J connectivity index is 2.35. The van der Waals surface area contributed by atoms with Crippen LogP contribution in [-0.4, -0.2) is 0 Å². The first-order valence-corrected chi connectivity index (χ1v) is 4.61. The molecular weight excluding hydrogens is 120 g/mol. The third kappa shape index (κ3) is 2.55. The maximum absolute atomic E-state index is 2.46. The van der Waals surface area contributed by atoms with E-state index in [9.17, 15) is 0 Å². The minimum atomic E-state index is 1.28. The van der Waals surface area contributed by atoms with Gasteiger partial charge in [-0.15, -0.1) is 0 Å². The lowest BCUT2D eigenvalue weighted by Crippen LogP contribution is -1.88. The molecule has 1 aliphatic carbocycles. The van der Waals surface area contributed by atoms with Crippen molar-refractivity contribution in [3.63, 3.8) is 0 Å². The van der Waals surface area contributed by atoms with Crippen molar-refractivity contribution in [2.75, 3.05) is 0 Å². The molecule has 10 heavy (non-hydrogen) atoms. The summed E-state index contributed by atoms with van der Waals surface area (Å²) in [4.78, 5) is 0. The van der Waals surface area contributed by atoms with E-state index in [0.717, 1.165) is 0 Å². The number of hydrogen-bond donors (Lipinski definition) is 0. The number of allylic oxidation sites excluding steroid dienone is 2. The quantitative estimate of drug-likeness (QED) is 0.485. The van der Waals surface area contributed by atoms with E-state index in [1.807, 2.05) is 0 Å². The summed E-state index contributed by atoms with van der Waals surface area (Å²) in [5.41, 5.74) is 1.69. The van der Waals surface area contributed by atoms with Crippen molar-refractivity contribution < 1.29 is 0 Å². The molecule has 0 saturated heterocycles.